The van der Waals surface area contributed by atoms with E-state index in [0.29, 0.717) is 22.7 Å². The molecule has 3 aromatic heterocycles. The monoisotopic (exact) mass is 402 g/mol. The molecule has 0 bridgehead atoms. The highest BCUT2D eigenvalue weighted by Crippen LogP contribution is 2.45. The average molecular weight is 402 g/mol. The first-order valence-corrected chi connectivity index (χ1v) is 9.89. The number of carbonyl (C=O) groups excluding carboxylic acids is 1. The minimum atomic E-state index is -0.192. The maximum absolute atomic E-state index is 12.6. The molecule has 1 N–H and O–H groups in total. The molecule has 1 fully saturated rings. The van der Waals surface area contributed by atoms with Crippen LogP contribution in [0, 0.1) is 5.41 Å². The molecule has 1 aromatic carbocycles. The molecule has 1 amide bonds. The van der Waals surface area contributed by atoms with Gasteiger partial charge >= 0.3 is 0 Å². The van der Waals surface area contributed by atoms with Crippen LogP contribution < -0.4 is 10.2 Å². The lowest BCUT2D eigenvalue weighted by atomic mass is 10.1. The first-order chi connectivity index (χ1) is 14.5. The SMILES string of the molecule is CN(CC1(C)CC1)c1ncc2cnn(CC(=O)Nc3ccc4nccnc4c3)c2n1. The number of hydrogen-bond acceptors (Lipinski definition) is 7. The average Bonchev–Trinajstić information content (AvgIpc) is 3.33. The van der Waals surface area contributed by atoms with Crippen LogP contribution in [0.3, 0.4) is 0 Å². The Kier molecular flexibility index (Phi) is 4.30. The summed E-state index contributed by atoms with van der Waals surface area (Å²) < 4.78 is 1.60. The molecule has 4 aromatic rings. The number of rotatable bonds is 6. The Labute approximate surface area is 173 Å². The lowest BCUT2D eigenvalue weighted by Gasteiger charge is -2.20. The highest BCUT2D eigenvalue weighted by Gasteiger charge is 2.38. The van der Waals surface area contributed by atoms with Crippen molar-refractivity contribution < 1.29 is 4.79 Å². The summed E-state index contributed by atoms with van der Waals surface area (Å²) in [6.07, 6.45) is 9.17. The highest BCUT2D eigenvalue weighted by molar-refractivity contribution is 5.93. The largest absolute Gasteiger partial charge is 0.343 e. The summed E-state index contributed by atoms with van der Waals surface area (Å²) in [5, 5.41) is 8.02. The molecule has 0 atom stereocenters. The molecule has 30 heavy (non-hydrogen) atoms. The standard InChI is InChI=1S/C21H22N8O/c1-21(5-6-21)13-28(2)20-24-10-14-11-25-29(19(14)27-20)12-18(30)26-15-3-4-16-17(9-15)23-8-7-22-16/h3-4,7-11H,5-6,12-13H2,1-2H3,(H,26,30). The molecule has 9 nitrogen and oxygen atoms in total. The molecule has 5 rings (SSSR count). The van der Waals surface area contributed by atoms with Gasteiger partial charge in [-0.25, -0.2) is 9.67 Å². The van der Waals surface area contributed by atoms with E-state index in [2.05, 4.69) is 42.2 Å². The zero-order valence-corrected chi connectivity index (χ0v) is 16.9. The van der Waals surface area contributed by atoms with Crippen molar-refractivity contribution in [3.05, 3.63) is 43.0 Å². The molecule has 1 aliphatic rings. The van der Waals surface area contributed by atoms with E-state index in [-0.39, 0.29) is 12.5 Å². The molecule has 0 unspecified atom stereocenters. The molecular formula is C21H22N8O. The fraction of sp³-hybridized carbons (Fsp3) is 0.333. The summed E-state index contributed by atoms with van der Waals surface area (Å²) in [6, 6.07) is 5.44. The zero-order chi connectivity index (χ0) is 20.7. The van der Waals surface area contributed by atoms with Crippen LogP contribution in [-0.4, -0.2) is 49.2 Å². The number of nitrogens with one attached hydrogen (secondary N) is 1. The molecule has 0 radical (unpaired) electrons. The van der Waals surface area contributed by atoms with Gasteiger partial charge in [0.25, 0.3) is 0 Å². The van der Waals surface area contributed by atoms with Crippen molar-refractivity contribution in [2.45, 2.75) is 26.3 Å². The smallest absolute Gasteiger partial charge is 0.246 e. The minimum absolute atomic E-state index is 0.0554. The van der Waals surface area contributed by atoms with Gasteiger partial charge in [-0.05, 0) is 36.5 Å². The number of fused-ring (bicyclic) bond motifs is 2. The maximum atomic E-state index is 12.6. The van der Waals surface area contributed by atoms with Gasteiger partial charge in [0.05, 0.1) is 22.6 Å². The quantitative estimate of drug-likeness (QED) is 0.529. The van der Waals surface area contributed by atoms with Crippen molar-refractivity contribution in [1.29, 1.82) is 0 Å². The van der Waals surface area contributed by atoms with Crippen LogP contribution in [0.1, 0.15) is 19.8 Å². The van der Waals surface area contributed by atoms with Crippen molar-refractivity contribution in [3.63, 3.8) is 0 Å². The molecule has 1 aliphatic carbocycles. The summed E-state index contributed by atoms with van der Waals surface area (Å²) in [6.45, 7) is 3.24. The van der Waals surface area contributed by atoms with E-state index in [1.165, 1.54) is 12.8 Å². The second-order valence-corrected chi connectivity index (χ2v) is 8.23. The summed E-state index contributed by atoms with van der Waals surface area (Å²) in [5.74, 6) is 0.452. The van der Waals surface area contributed by atoms with Crippen LogP contribution >= 0.6 is 0 Å². The fourth-order valence-corrected chi connectivity index (χ4v) is 3.55. The van der Waals surface area contributed by atoms with E-state index in [1.807, 2.05) is 19.2 Å². The van der Waals surface area contributed by atoms with Gasteiger partial charge in [0.2, 0.25) is 11.9 Å². The first-order valence-electron chi connectivity index (χ1n) is 9.89. The molecular weight excluding hydrogens is 380 g/mol. The van der Waals surface area contributed by atoms with Gasteiger partial charge in [-0.3, -0.25) is 14.8 Å². The highest BCUT2D eigenvalue weighted by atomic mass is 16.2. The lowest BCUT2D eigenvalue weighted by molar-refractivity contribution is -0.116. The predicted molar refractivity (Wildman–Crippen MR) is 114 cm³/mol. The van der Waals surface area contributed by atoms with Gasteiger partial charge in [0, 0.05) is 37.9 Å². The van der Waals surface area contributed by atoms with Crippen LogP contribution in [0.15, 0.2) is 43.0 Å². The molecule has 3 heterocycles. The molecule has 0 spiro atoms. The van der Waals surface area contributed by atoms with E-state index in [9.17, 15) is 4.79 Å². The van der Waals surface area contributed by atoms with E-state index in [1.54, 1.807) is 35.5 Å². The Bertz CT molecular complexity index is 1250. The molecule has 0 saturated heterocycles. The van der Waals surface area contributed by atoms with Crippen molar-refractivity contribution in [2.24, 2.45) is 5.41 Å². The lowest BCUT2D eigenvalue weighted by Crippen LogP contribution is -2.26. The Morgan fingerprint density at radius 2 is 1.97 bits per heavy atom. The Balaban J connectivity index is 1.33. The van der Waals surface area contributed by atoms with E-state index in [4.69, 9.17) is 0 Å². The van der Waals surface area contributed by atoms with Gasteiger partial charge in [-0.2, -0.15) is 10.1 Å². The Morgan fingerprint density at radius 1 is 1.17 bits per heavy atom. The number of aromatic nitrogens is 6. The molecule has 0 aliphatic heterocycles. The van der Waals surface area contributed by atoms with E-state index < -0.39 is 0 Å². The fourth-order valence-electron chi connectivity index (χ4n) is 3.55. The topological polar surface area (TPSA) is 102 Å². The number of nitrogens with zero attached hydrogens (tertiary/aromatic N) is 7. The van der Waals surface area contributed by atoms with Gasteiger partial charge in [0.15, 0.2) is 5.65 Å². The normalized spacial score (nSPS) is 14.7. The third-order valence-corrected chi connectivity index (χ3v) is 5.47. The van der Waals surface area contributed by atoms with Crippen molar-refractivity contribution >= 4 is 39.6 Å². The van der Waals surface area contributed by atoms with Crippen LogP contribution in [0.5, 0.6) is 0 Å². The summed E-state index contributed by atoms with van der Waals surface area (Å²) in [5.41, 5.74) is 3.17. The Morgan fingerprint density at radius 3 is 2.77 bits per heavy atom. The van der Waals surface area contributed by atoms with Gasteiger partial charge in [-0.15, -0.1) is 0 Å². The van der Waals surface area contributed by atoms with Crippen LogP contribution in [0.2, 0.25) is 0 Å². The van der Waals surface area contributed by atoms with Gasteiger partial charge in [0.1, 0.15) is 6.54 Å². The third-order valence-electron chi connectivity index (χ3n) is 5.47. The summed E-state index contributed by atoms with van der Waals surface area (Å²) >= 11 is 0. The number of carbonyl (C=O) groups is 1. The Hall–Kier alpha value is -3.62. The van der Waals surface area contributed by atoms with Crippen molar-refractivity contribution in [1.82, 2.24) is 29.7 Å². The molecule has 152 valence electrons. The number of benzene rings is 1. The first kappa shape index (κ1) is 18.4. The van der Waals surface area contributed by atoms with Crippen molar-refractivity contribution in [2.75, 3.05) is 23.8 Å². The molecule has 1 saturated carbocycles. The maximum Gasteiger partial charge on any atom is 0.246 e. The van der Waals surface area contributed by atoms with E-state index >= 15 is 0 Å². The predicted octanol–water partition coefficient (Wildman–Crippen LogP) is 2.64. The van der Waals surface area contributed by atoms with Crippen LogP contribution in [0.4, 0.5) is 11.6 Å². The van der Waals surface area contributed by atoms with Gasteiger partial charge in [-0.1, -0.05) is 6.92 Å². The van der Waals surface area contributed by atoms with Crippen molar-refractivity contribution in [3.8, 4) is 0 Å². The summed E-state index contributed by atoms with van der Waals surface area (Å²) in [4.78, 5) is 32.3. The second-order valence-electron chi connectivity index (χ2n) is 8.23. The number of hydrogen-bond donors (Lipinski definition) is 1. The third kappa shape index (κ3) is 3.66. The van der Waals surface area contributed by atoms with Gasteiger partial charge < -0.3 is 10.2 Å². The van der Waals surface area contributed by atoms with Crippen LogP contribution in [0.25, 0.3) is 22.1 Å². The number of amides is 1. The molecule has 9 heteroatoms. The second kappa shape index (κ2) is 7.01. The van der Waals surface area contributed by atoms with E-state index in [0.717, 1.165) is 23.0 Å². The zero-order valence-electron chi connectivity index (χ0n) is 16.9. The minimum Gasteiger partial charge on any atom is -0.343 e. The summed E-state index contributed by atoms with van der Waals surface area (Å²) in [7, 11) is 2.00. The number of anilines is 2. The van der Waals surface area contributed by atoms with Crippen LogP contribution in [-0.2, 0) is 11.3 Å².